The van der Waals surface area contributed by atoms with Crippen LogP contribution in [-0.4, -0.2) is 35.9 Å². The van der Waals surface area contributed by atoms with Crippen LogP contribution in [0, 0.1) is 17.2 Å². The Morgan fingerprint density at radius 2 is 2.08 bits per heavy atom. The molecule has 2 amide bonds. The molecule has 2 heterocycles. The number of aromatic nitrogens is 1. The fourth-order valence-corrected chi connectivity index (χ4v) is 2.21. The first-order valence-electron chi connectivity index (χ1n) is 8.23. The summed E-state index contributed by atoms with van der Waals surface area (Å²) in [7, 11) is 0. The van der Waals surface area contributed by atoms with Gasteiger partial charge in [0, 0.05) is 19.3 Å². The Bertz CT molecular complexity index is 763. The summed E-state index contributed by atoms with van der Waals surface area (Å²) in [5.74, 6) is 0.00195. The van der Waals surface area contributed by atoms with E-state index < -0.39 is 11.9 Å². The Kier molecular flexibility index (Phi) is 6.74. The van der Waals surface area contributed by atoms with Crippen molar-refractivity contribution in [2.24, 2.45) is 5.92 Å². The lowest BCUT2D eigenvalue weighted by atomic mass is 10.0. The maximum absolute atomic E-state index is 12.3. The highest BCUT2D eigenvalue weighted by Gasteiger charge is 2.25. The number of nitriles is 1. The molecule has 0 spiro atoms. The summed E-state index contributed by atoms with van der Waals surface area (Å²) in [6, 6.07) is 7.84. The van der Waals surface area contributed by atoms with E-state index in [9.17, 15) is 9.59 Å². The number of carbonyl (C=O) groups is 2. The molecule has 0 saturated carbocycles. The maximum atomic E-state index is 12.3. The first kappa shape index (κ1) is 19.0. The van der Waals surface area contributed by atoms with Gasteiger partial charge >= 0.3 is 0 Å². The molecule has 0 radical (unpaired) electrons. The van der Waals surface area contributed by atoms with E-state index >= 15 is 0 Å². The van der Waals surface area contributed by atoms with Crippen LogP contribution in [0.15, 0.2) is 41.1 Å². The van der Waals surface area contributed by atoms with Crippen molar-refractivity contribution in [3.05, 3.63) is 48.0 Å². The van der Waals surface area contributed by atoms with Crippen molar-refractivity contribution in [3.8, 4) is 6.07 Å². The Morgan fingerprint density at radius 1 is 1.27 bits per heavy atom. The second-order valence-corrected chi connectivity index (χ2v) is 5.93. The molecule has 1 atom stereocenters. The van der Waals surface area contributed by atoms with Crippen LogP contribution in [0.25, 0.3) is 0 Å². The Hall–Kier alpha value is -3.34. The third-order valence-electron chi connectivity index (χ3n) is 3.60. The third-order valence-corrected chi connectivity index (χ3v) is 3.60. The van der Waals surface area contributed by atoms with E-state index in [4.69, 9.17) is 9.68 Å². The van der Waals surface area contributed by atoms with E-state index in [1.54, 1.807) is 24.3 Å². The van der Waals surface area contributed by atoms with E-state index in [1.807, 2.05) is 19.9 Å². The molecule has 0 aliphatic carbocycles. The van der Waals surface area contributed by atoms with Crippen LogP contribution in [-0.2, 0) is 4.79 Å². The van der Waals surface area contributed by atoms with Gasteiger partial charge in [-0.3, -0.25) is 9.59 Å². The zero-order chi connectivity index (χ0) is 18.9. The predicted molar refractivity (Wildman–Crippen MR) is 95.3 cm³/mol. The van der Waals surface area contributed by atoms with Crippen molar-refractivity contribution < 1.29 is 14.0 Å². The average molecular weight is 355 g/mol. The lowest BCUT2D eigenvalue weighted by Gasteiger charge is -2.21. The van der Waals surface area contributed by atoms with Crippen LogP contribution >= 0.6 is 0 Å². The fourth-order valence-electron chi connectivity index (χ4n) is 2.21. The molecule has 0 saturated heterocycles. The number of rotatable bonds is 8. The van der Waals surface area contributed by atoms with Crippen LogP contribution < -0.4 is 16.0 Å². The second-order valence-electron chi connectivity index (χ2n) is 5.93. The van der Waals surface area contributed by atoms with Gasteiger partial charge in [-0.2, -0.15) is 5.26 Å². The maximum Gasteiger partial charge on any atom is 0.287 e. The smallest absolute Gasteiger partial charge is 0.287 e. The molecule has 3 N–H and O–H groups in total. The summed E-state index contributed by atoms with van der Waals surface area (Å²) in [4.78, 5) is 28.5. The third kappa shape index (κ3) is 5.34. The SMILES string of the molecule is CC(C)C(NC(=O)c1ccco1)C(=O)NCCNc1ccc(C#N)cn1. The van der Waals surface area contributed by atoms with Crippen molar-refractivity contribution in [2.45, 2.75) is 19.9 Å². The van der Waals surface area contributed by atoms with Crippen LogP contribution in [0.2, 0.25) is 0 Å². The lowest BCUT2D eigenvalue weighted by molar-refractivity contribution is -0.123. The standard InChI is InChI=1S/C18H21N5O3/c1-12(2)16(23-17(24)14-4-3-9-26-14)18(25)21-8-7-20-15-6-5-13(10-19)11-22-15/h3-6,9,11-12,16H,7-8H2,1-2H3,(H,20,22)(H,21,25)(H,23,24). The summed E-state index contributed by atoms with van der Waals surface area (Å²) < 4.78 is 5.04. The molecule has 2 rings (SSSR count). The van der Waals surface area contributed by atoms with Crippen molar-refractivity contribution in [2.75, 3.05) is 18.4 Å². The number of anilines is 1. The number of hydrogen-bond donors (Lipinski definition) is 3. The highest BCUT2D eigenvalue weighted by Crippen LogP contribution is 2.06. The molecule has 8 heteroatoms. The van der Waals surface area contributed by atoms with Gasteiger partial charge in [-0.25, -0.2) is 4.98 Å². The highest BCUT2D eigenvalue weighted by molar-refractivity contribution is 5.95. The molecule has 136 valence electrons. The molecule has 0 aliphatic heterocycles. The summed E-state index contributed by atoms with van der Waals surface area (Å²) in [5.41, 5.74) is 0.482. The number of carbonyl (C=O) groups excluding carboxylic acids is 2. The van der Waals surface area contributed by atoms with E-state index in [-0.39, 0.29) is 17.6 Å². The number of nitrogens with zero attached hydrogens (tertiary/aromatic N) is 2. The molecule has 2 aromatic heterocycles. The van der Waals surface area contributed by atoms with E-state index in [2.05, 4.69) is 20.9 Å². The average Bonchev–Trinajstić information content (AvgIpc) is 3.18. The van der Waals surface area contributed by atoms with Crippen molar-refractivity contribution >= 4 is 17.6 Å². The molecule has 26 heavy (non-hydrogen) atoms. The molecular formula is C18H21N5O3. The van der Waals surface area contributed by atoms with Gasteiger partial charge in [-0.1, -0.05) is 13.8 Å². The molecule has 8 nitrogen and oxygen atoms in total. The summed E-state index contributed by atoms with van der Waals surface area (Å²) in [6.45, 7) is 4.53. The number of hydrogen-bond acceptors (Lipinski definition) is 6. The Morgan fingerprint density at radius 3 is 2.65 bits per heavy atom. The second kappa shape index (κ2) is 9.22. The minimum absolute atomic E-state index is 0.0814. The van der Waals surface area contributed by atoms with Gasteiger partial charge < -0.3 is 20.4 Å². The topological polar surface area (TPSA) is 120 Å². The lowest BCUT2D eigenvalue weighted by Crippen LogP contribution is -2.50. The van der Waals surface area contributed by atoms with Gasteiger partial charge in [0.1, 0.15) is 17.9 Å². The number of pyridine rings is 1. The Labute approximate surface area is 151 Å². The van der Waals surface area contributed by atoms with Crippen LogP contribution in [0.1, 0.15) is 30.0 Å². The Balaban J connectivity index is 1.79. The molecule has 0 bridgehead atoms. The minimum Gasteiger partial charge on any atom is -0.459 e. The first-order valence-corrected chi connectivity index (χ1v) is 8.23. The van der Waals surface area contributed by atoms with Gasteiger partial charge in [-0.15, -0.1) is 0 Å². The molecule has 0 aromatic carbocycles. The number of nitrogens with one attached hydrogen (secondary N) is 3. The first-order chi connectivity index (χ1) is 12.5. The van der Waals surface area contributed by atoms with Gasteiger partial charge in [0.15, 0.2) is 5.76 Å². The highest BCUT2D eigenvalue weighted by atomic mass is 16.3. The van der Waals surface area contributed by atoms with Crippen molar-refractivity contribution in [1.82, 2.24) is 15.6 Å². The largest absolute Gasteiger partial charge is 0.459 e. The molecule has 2 aromatic rings. The van der Waals surface area contributed by atoms with E-state index in [0.717, 1.165) is 0 Å². The van der Waals surface area contributed by atoms with Crippen LogP contribution in [0.5, 0.6) is 0 Å². The fraction of sp³-hybridized carbons (Fsp3) is 0.333. The summed E-state index contributed by atoms with van der Waals surface area (Å²) in [5, 5.41) is 17.2. The summed E-state index contributed by atoms with van der Waals surface area (Å²) >= 11 is 0. The zero-order valence-corrected chi connectivity index (χ0v) is 14.7. The number of furan rings is 1. The van der Waals surface area contributed by atoms with E-state index in [0.29, 0.717) is 24.5 Å². The van der Waals surface area contributed by atoms with Crippen molar-refractivity contribution in [3.63, 3.8) is 0 Å². The zero-order valence-electron chi connectivity index (χ0n) is 14.7. The molecule has 0 aliphatic rings. The van der Waals surface area contributed by atoms with E-state index in [1.165, 1.54) is 12.5 Å². The van der Waals surface area contributed by atoms with Gasteiger partial charge in [-0.05, 0) is 30.2 Å². The number of amides is 2. The van der Waals surface area contributed by atoms with Gasteiger partial charge in [0.2, 0.25) is 5.91 Å². The van der Waals surface area contributed by atoms with Crippen molar-refractivity contribution in [1.29, 1.82) is 5.26 Å². The molecular weight excluding hydrogens is 334 g/mol. The quantitative estimate of drug-likeness (QED) is 0.618. The summed E-state index contributed by atoms with van der Waals surface area (Å²) in [6.07, 6.45) is 2.88. The molecule has 0 fully saturated rings. The van der Waals surface area contributed by atoms with Crippen LogP contribution in [0.3, 0.4) is 0 Å². The van der Waals surface area contributed by atoms with Gasteiger partial charge in [0.25, 0.3) is 5.91 Å². The van der Waals surface area contributed by atoms with Gasteiger partial charge in [0.05, 0.1) is 11.8 Å². The van der Waals surface area contributed by atoms with Crippen LogP contribution in [0.4, 0.5) is 5.82 Å². The normalized spacial score (nSPS) is 11.5. The predicted octanol–water partition coefficient (Wildman–Crippen LogP) is 1.53. The minimum atomic E-state index is -0.666. The monoisotopic (exact) mass is 355 g/mol. The molecule has 1 unspecified atom stereocenters.